The number of hydrogen-bond acceptors (Lipinski definition) is 1. The zero-order valence-corrected chi connectivity index (χ0v) is 10.5. The van der Waals surface area contributed by atoms with E-state index in [1.807, 2.05) is 0 Å². The summed E-state index contributed by atoms with van der Waals surface area (Å²) in [5.74, 6) is -0.296. The van der Waals surface area contributed by atoms with E-state index in [-0.39, 0.29) is 5.82 Å². The first-order valence-corrected chi connectivity index (χ1v) is 5.35. The lowest BCUT2D eigenvalue weighted by atomic mass is 9.95. The van der Waals surface area contributed by atoms with Gasteiger partial charge in [0, 0.05) is 15.6 Å². The molecule has 1 rings (SSSR count). The Morgan fingerprint density at radius 3 is 2.31 bits per heavy atom. The van der Waals surface area contributed by atoms with Gasteiger partial charge < -0.3 is 5.73 Å². The molecule has 72 valence electrons. The SMILES string of the molecule is CC(C)(N)c1cc(Br)cc(Br)c1F. The van der Waals surface area contributed by atoms with Crippen molar-refractivity contribution in [3.63, 3.8) is 0 Å². The molecule has 0 amide bonds. The van der Waals surface area contributed by atoms with E-state index in [4.69, 9.17) is 5.73 Å². The minimum absolute atomic E-state index is 0.296. The van der Waals surface area contributed by atoms with Gasteiger partial charge in [-0.25, -0.2) is 4.39 Å². The van der Waals surface area contributed by atoms with E-state index in [1.54, 1.807) is 26.0 Å². The molecule has 0 heterocycles. The second-order valence-corrected chi connectivity index (χ2v) is 5.24. The van der Waals surface area contributed by atoms with Gasteiger partial charge in [-0.2, -0.15) is 0 Å². The first-order valence-electron chi connectivity index (χ1n) is 3.76. The van der Waals surface area contributed by atoms with Crippen LogP contribution in [0.3, 0.4) is 0 Å². The Balaban J connectivity index is 3.37. The monoisotopic (exact) mass is 309 g/mol. The fourth-order valence-electron chi connectivity index (χ4n) is 1.02. The average molecular weight is 311 g/mol. The van der Waals surface area contributed by atoms with Gasteiger partial charge in [0.25, 0.3) is 0 Å². The smallest absolute Gasteiger partial charge is 0.142 e. The molecule has 0 spiro atoms. The van der Waals surface area contributed by atoms with Crippen LogP contribution in [0, 0.1) is 5.82 Å². The number of halogens is 3. The van der Waals surface area contributed by atoms with Crippen molar-refractivity contribution in [2.45, 2.75) is 19.4 Å². The van der Waals surface area contributed by atoms with Gasteiger partial charge in [-0.3, -0.25) is 0 Å². The lowest BCUT2D eigenvalue weighted by Crippen LogP contribution is -2.30. The maximum Gasteiger partial charge on any atom is 0.142 e. The highest BCUT2D eigenvalue weighted by atomic mass is 79.9. The van der Waals surface area contributed by atoms with Gasteiger partial charge in [0.15, 0.2) is 0 Å². The predicted octanol–water partition coefficient (Wildman–Crippen LogP) is 3.54. The van der Waals surface area contributed by atoms with E-state index >= 15 is 0 Å². The maximum absolute atomic E-state index is 13.5. The molecular weight excluding hydrogens is 301 g/mol. The highest BCUT2D eigenvalue weighted by molar-refractivity contribution is 9.11. The third kappa shape index (κ3) is 2.51. The summed E-state index contributed by atoms with van der Waals surface area (Å²) in [5.41, 5.74) is 5.64. The number of rotatable bonds is 1. The molecule has 0 atom stereocenters. The summed E-state index contributed by atoms with van der Waals surface area (Å²) in [5, 5.41) is 0. The average Bonchev–Trinajstić information content (AvgIpc) is 1.94. The van der Waals surface area contributed by atoms with Crippen LogP contribution < -0.4 is 5.73 Å². The molecule has 0 aliphatic rings. The molecule has 2 N–H and O–H groups in total. The zero-order chi connectivity index (χ0) is 10.2. The van der Waals surface area contributed by atoms with Crippen LogP contribution in [0.5, 0.6) is 0 Å². The molecule has 1 nitrogen and oxygen atoms in total. The molecule has 0 radical (unpaired) electrons. The lowest BCUT2D eigenvalue weighted by Gasteiger charge is -2.20. The molecule has 1 aromatic carbocycles. The van der Waals surface area contributed by atoms with E-state index in [0.717, 1.165) is 4.47 Å². The Morgan fingerprint density at radius 2 is 1.85 bits per heavy atom. The van der Waals surface area contributed by atoms with Crippen LogP contribution >= 0.6 is 31.9 Å². The number of benzene rings is 1. The third-order valence-corrected chi connectivity index (χ3v) is 2.72. The predicted molar refractivity (Wildman–Crippen MR) is 59.0 cm³/mol. The minimum atomic E-state index is -0.670. The van der Waals surface area contributed by atoms with Crippen molar-refractivity contribution in [3.8, 4) is 0 Å². The van der Waals surface area contributed by atoms with Gasteiger partial charge >= 0.3 is 0 Å². The van der Waals surface area contributed by atoms with Gasteiger partial charge in [0.2, 0.25) is 0 Å². The van der Waals surface area contributed by atoms with Crippen molar-refractivity contribution in [3.05, 3.63) is 32.5 Å². The van der Waals surface area contributed by atoms with Gasteiger partial charge in [-0.1, -0.05) is 15.9 Å². The van der Waals surface area contributed by atoms with Gasteiger partial charge in [-0.05, 0) is 41.9 Å². The van der Waals surface area contributed by atoms with Crippen molar-refractivity contribution >= 4 is 31.9 Å². The number of hydrogen-bond donors (Lipinski definition) is 1. The zero-order valence-electron chi connectivity index (χ0n) is 7.37. The summed E-state index contributed by atoms with van der Waals surface area (Å²) in [6, 6.07) is 3.35. The Morgan fingerprint density at radius 1 is 1.31 bits per heavy atom. The van der Waals surface area contributed by atoms with E-state index in [9.17, 15) is 4.39 Å². The molecule has 1 aromatic rings. The fraction of sp³-hybridized carbons (Fsp3) is 0.333. The Bertz CT molecular complexity index is 331. The summed E-state index contributed by atoms with van der Waals surface area (Å²) in [6.45, 7) is 3.54. The first-order chi connectivity index (χ1) is 5.82. The van der Waals surface area contributed by atoms with Crippen LogP contribution in [0.25, 0.3) is 0 Å². The maximum atomic E-state index is 13.5. The van der Waals surface area contributed by atoms with Crippen molar-refractivity contribution in [1.82, 2.24) is 0 Å². The highest BCUT2D eigenvalue weighted by Gasteiger charge is 2.20. The van der Waals surface area contributed by atoms with E-state index in [0.29, 0.717) is 10.0 Å². The molecular formula is C9H10Br2FN. The van der Waals surface area contributed by atoms with Crippen molar-refractivity contribution < 1.29 is 4.39 Å². The highest BCUT2D eigenvalue weighted by Crippen LogP contribution is 2.29. The third-order valence-electron chi connectivity index (χ3n) is 1.69. The molecule has 0 aliphatic heterocycles. The van der Waals surface area contributed by atoms with Gasteiger partial charge in [0.05, 0.1) is 4.47 Å². The Hall–Kier alpha value is 0.0700. The van der Waals surface area contributed by atoms with E-state index in [1.165, 1.54) is 0 Å². The van der Waals surface area contributed by atoms with Crippen LogP contribution in [0.1, 0.15) is 19.4 Å². The summed E-state index contributed by atoms with van der Waals surface area (Å²) < 4.78 is 14.8. The van der Waals surface area contributed by atoms with Crippen LogP contribution in [0.4, 0.5) is 4.39 Å². The molecule has 0 aliphatic carbocycles. The van der Waals surface area contributed by atoms with E-state index < -0.39 is 5.54 Å². The van der Waals surface area contributed by atoms with Crippen molar-refractivity contribution in [1.29, 1.82) is 0 Å². The minimum Gasteiger partial charge on any atom is -0.322 e. The van der Waals surface area contributed by atoms with Crippen LogP contribution in [0.2, 0.25) is 0 Å². The standard InChI is InChI=1S/C9H10Br2FN/c1-9(2,13)6-3-5(10)4-7(11)8(6)12/h3-4H,13H2,1-2H3. The largest absolute Gasteiger partial charge is 0.322 e. The summed E-state index contributed by atoms with van der Waals surface area (Å²) in [4.78, 5) is 0. The van der Waals surface area contributed by atoms with E-state index in [2.05, 4.69) is 31.9 Å². The Labute approximate surface area is 93.8 Å². The summed E-state index contributed by atoms with van der Waals surface area (Å²) in [6.07, 6.45) is 0. The second-order valence-electron chi connectivity index (χ2n) is 3.47. The normalized spacial score (nSPS) is 11.8. The quantitative estimate of drug-likeness (QED) is 0.789. The van der Waals surface area contributed by atoms with Crippen LogP contribution in [-0.2, 0) is 5.54 Å². The molecule has 0 fully saturated rings. The molecule has 13 heavy (non-hydrogen) atoms. The molecule has 0 bridgehead atoms. The van der Waals surface area contributed by atoms with Crippen molar-refractivity contribution in [2.75, 3.05) is 0 Å². The van der Waals surface area contributed by atoms with Crippen molar-refractivity contribution in [2.24, 2.45) is 5.73 Å². The van der Waals surface area contributed by atoms with Crippen LogP contribution in [0.15, 0.2) is 21.1 Å². The van der Waals surface area contributed by atoms with Crippen LogP contribution in [-0.4, -0.2) is 0 Å². The summed E-state index contributed by atoms with van der Waals surface area (Å²) in [7, 11) is 0. The molecule has 4 heteroatoms. The molecule has 0 saturated carbocycles. The lowest BCUT2D eigenvalue weighted by molar-refractivity contribution is 0.498. The fourth-order valence-corrected chi connectivity index (χ4v) is 2.25. The second kappa shape index (κ2) is 3.67. The molecule has 0 aromatic heterocycles. The first kappa shape index (κ1) is 11.1. The molecule has 0 saturated heterocycles. The van der Waals surface area contributed by atoms with Gasteiger partial charge in [-0.15, -0.1) is 0 Å². The molecule has 0 unspecified atom stereocenters. The summed E-state index contributed by atoms with van der Waals surface area (Å²) >= 11 is 6.42. The number of nitrogens with two attached hydrogens (primary N) is 1. The topological polar surface area (TPSA) is 26.0 Å². The Kier molecular flexibility index (Phi) is 3.15. The van der Waals surface area contributed by atoms with Gasteiger partial charge in [0.1, 0.15) is 5.82 Å².